The number of hydrogen-bond donors (Lipinski definition) is 0. The van der Waals surface area contributed by atoms with Gasteiger partial charge in [-0.2, -0.15) is 0 Å². The molecule has 2 saturated carbocycles. The number of carbonyl (C=O) groups excluding carboxylic acids is 1. The molecule has 2 aliphatic carbocycles. The van der Waals surface area contributed by atoms with Crippen molar-refractivity contribution in [1.82, 2.24) is 0 Å². The van der Waals surface area contributed by atoms with Gasteiger partial charge in [-0.25, -0.2) is 0 Å². The van der Waals surface area contributed by atoms with Crippen molar-refractivity contribution in [2.45, 2.75) is 71.1 Å². The lowest BCUT2D eigenvalue weighted by atomic mass is 9.90. The van der Waals surface area contributed by atoms with Crippen LogP contribution in [-0.2, 0) is 13.6 Å². The predicted octanol–water partition coefficient (Wildman–Crippen LogP) is 6.52. The Morgan fingerprint density at radius 1 is 0.852 bits per heavy atom. The predicted molar refractivity (Wildman–Crippen MR) is 108 cm³/mol. The maximum atomic E-state index is 13.5. The highest BCUT2D eigenvalue weighted by Crippen LogP contribution is 2.52. The molecule has 2 aliphatic rings. The molecule has 0 bridgehead atoms. The zero-order valence-electron chi connectivity index (χ0n) is 16.5. The molecule has 2 fully saturated rings. The number of benzene rings is 1. The van der Waals surface area contributed by atoms with Gasteiger partial charge in [-0.15, -0.1) is 0 Å². The SMILES string of the molecule is Cc1ccc(C(=O)P(=O)(OCC2CCCCC2)OCC2CCCCC2)cc1. The second kappa shape index (κ2) is 10.0. The molecular weight excluding hydrogens is 359 g/mol. The molecule has 0 spiro atoms. The van der Waals surface area contributed by atoms with Crippen LogP contribution in [0.5, 0.6) is 0 Å². The zero-order chi connectivity index (χ0) is 19.1. The van der Waals surface area contributed by atoms with Crippen molar-refractivity contribution in [2.24, 2.45) is 11.8 Å². The summed E-state index contributed by atoms with van der Waals surface area (Å²) in [6.45, 7) is 2.69. The Labute approximate surface area is 163 Å². The van der Waals surface area contributed by atoms with Gasteiger partial charge >= 0.3 is 7.60 Å². The van der Waals surface area contributed by atoms with Gasteiger partial charge in [0.2, 0.25) is 0 Å². The summed E-state index contributed by atoms with van der Waals surface area (Å²) in [7, 11) is -3.82. The average molecular weight is 392 g/mol. The van der Waals surface area contributed by atoms with Crippen LogP contribution in [0.2, 0.25) is 0 Å². The average Bonchev–Trinajstić information content (AvgIpc) is 2.72. The summed E-state index contributed by atoms with van der Waals surface area (Å²) in [4.78, 5) is 13.0. The zero-order valence-corrected chi connectivity index (χ0v) is 17.4. The minimum Gasteiger partial charge on any atom is -0.303 e. The molecule has 4 nitrogen and oxygen atoms in total. The molecule has 1 aromatic carbocycles. The van der Waals surface area contributed by atoms with Gasteiger partial charge in [-0.1, -0.05) is 68.4 Å². The van der Waals surface area contributed by atoms with Crippen molar-refractivity contribution in [3.8, 4) is 0 Å². The normalized spacial score (nSPS) is 19.9. The van der Waals surface area contributed by atoms with Crippen molar-refractivity contribution in [3.05, 3.63) is 35.4 Å². The summed E-state index contributed by atoms with van der Waals surface area (Å²) in [6, 6.07) is 7.16. The molecule has 0 atom stereocenters. The van der Waals surface area contributed by atoms with Gasteiger partial charge in [-0.3, -0.25) is 9.36 Å². The first kappa shape index (κ1) is 20.8. The molecule has 1 aromatic rings. The molecule has 0 saturated heterocycles. The van der Waals surface area contributed by atoms with Gasteiger partial charge in [0.1, 0.15) is 0 Å². The number of carbonyl (C=O) groups is 1. The third kappa shape index (κ3) is 6.01. The largest absolute Gasteiger partial charge is 0.401 e. The van der Waals surface area contributed by atoms with E-state index in [2.05, 4.69) is 0 Å². The second-order valence-corrected chi connectivity index (χ2v) is 10.2. The summed E-state index contributed by atoms with van der Waals surface area (Å²) < 4.78 is 25.1. The van der Waals surface area contributed by atoms with Gasteiger partial charge in [0, 0.05) is 5.56 Å². The van der Waals surface area contributed by atoms with E-state index in [-0.39, 0.29) is 0 Å². The summed E-state index contributed by atoms with van der Waals surface area (Å²) in [5.41, 5.74) is 0.984. The standard InChI is InChI=1S/C22H33O4P/c1-18-12-14-21(15-13-18)22(23)27(24,25-16-19-8-4-2-5-9-19)26-17-20-10-6-3-7-11-20/h12-15,19-20H,2-11,16-17H2,1H3. The van der Waals surface area contributed by atoms with E-state index in [0.29, 0.717) is 30.6 Å². The van der Waals surface area contributed by atoms with Crippen molar-refractivity contribution in [1.29, 1.82) is 0 Å². The molecule has 0 heterocycles. The van der Waals surface area contributed by atoms with Crippen molar-refractivity contribution < 1.29 is 18.4 Å². The van der Waals surface area contributed by atoms with Crippen LogP contribution in [0.4, 0.5) is 0 Å². The summed E-state index contributed by atoms with van der Waals surface area (Å²) in [6.07, 6.45) is 11.6. The lowest BCUT2D eigenvalue weighted by Crippen LogP contribution is -2.18. The fourth-order valence-electron chi connectivity index (χ4n) is 4.12. The van der Waals surface area contributed by atoms with Crippen LogP contribution in [0.1, 0.15) is 80.1 Å². The fraction of sp³-hybridized carbons (Fsp3) is 0.682. The van der Waals surface area contributed by atoms with Crippen molar-refractivity contribution >= 4 is 13.1 Å². The van der Waals surface area contributed by atoms with Gasteiger partial charge in [0.25, 0.3) is 5.52 Å². The Kier molecular flexibility index (Phi) is 7.69. The lowest BCUT2D eigenvalue weighted by molar-refractivity contribution is 0.0936. The Morgan fingerprint density at radius 2 is 1.30 bits per heavy atom. The first-order valence-electron chi connectivity index (χ1n) is 10.6. The Morgan fingerprint density at radius 3 is 1.74 bits per heavy atom. The lowest BCUT2D eigenvalue weighted by Gasteiger charge is -2.26. The minimum absolute atomic E-state index is 0.361. The molecule has 0 aromatic heterocycles. The summed E-state index contributed by atoms with van der Waals surface area (Å²) >= 11 is 0. The van der Waals surface area contributed by atoms with Crippen LogP contribution < -0.4 is 0 Å². The number of hydrogen-bond acceptors (Lipinski definition) is 4. The Bertz CT molecular complexity index is 617. The van der Waals surface area contributed by atoms with E-state index in [1.807, 2.05) is 19.1 Å². The van der Waals surface area contributed by atoms with E-state index in [9.17, 15) is 9.36 Å². The Hall–Kier alpha value is -0.960. The van der Waals surface area contributed by atoms with Gasteiger partial charge in [0.05, 0.1) is 13.2 Å². The molecule has 0 unspecified atom stereocenters. The van der Waals surface area contributed by atoms with Crippen LogP contribution >= 0.6 is 7.60 Å². The summed E-state index contributed by atoms with van der Waals surface area (Å²) in [5, 5.41) is 0. The number of rotatable bonds is 8. The van der Waals surface area contributed by atoms with E-state index >= 15 is 0 Å². The third-order valence-corrected chi connectivity index (χ3v) is 7.69. The quantitative estimate of drug-likeness (QED) is 0.472. The van der Waals surface area contributed by atoms with E-state index in [0.717, 1.165) is 31.2 Å². The molecule has 0 aliphatic heterocycles. The topological polar surface area (TPSA) is 52.6 Å². The highest BCUT2D eigenvalue weighted by atomic mass is 31.2. The smallest absolute Gasteiger partial charge is 0.303 e. The monoisotopic (exact) mass is 392 g/mol. The maximum absolute atomic E-state index is 13.5. The van der Waals surface area contributed by atoms with Gasteiger partial charge in [0.15, 0.2) is 0 Å². The highest BCUT2D eigenvalue weighted by Gasteiger charge is 2.37. The molecule has 0 radical (unpaired) electrons. The second-order valence-electron chi connectivity index (χ2n) is 8.27. The highest BCUT2D eigenvalue weighted by molar-refractivity contribution is 7.72. The van der Waals surface area contributed by atoms with Crippen LogP contribution in [-0.4, -0.2) is 18.7 Å². The summed E-state index contributed by atoms with van der Waals surface area (Å²) in [5.74, 6) is 0.771. The minimum atomic E-state index is -3.82. The molecule has 27 heavy (non-hydrogen) atoms. The van der Waals surface area contributed by atoms with Crippen LogP contribution in [0.3, 0.4) is 0 Å². The first-order chi connectivity index (χ1) is 13.1. The third-order valence-electron chi connectivity index (χ3n) is 5.96. The van der Waals surface area contributed by atoms with Crippen LogP contribution in [0, 0.1) is 18.8 Å². The van der Waals surface area contributed by atoms with E-state index in [1.165, 1.54) is 38.5 Å². The molecule has 5 heteroatoms. The van der Waals surface area contributed by atoms with E-state index in [4.69, 9.17) is 9.05 Å². The number of aryl methyl sites for hydroxylation is 1. The Balaban J connectivity index is 1.68. The molecule has 0 amide bonds. The fourth-order valence-corrected chi connectivity index (χ4v) is 5.71. The molecular formula is C22H33O4P. The molecule has 150 valence electrons. The van der Waals surface area contributed by atoms with Gasteiger partial charge in [-0.05, 0) is 44.4 Å². The van der Waals surface area contributed by atoms with Gasteiger partial charge < -0.3 is 9.05 Å². The van der Waals surface area contributed by atoms with Crippen molar-refractivity contribution in [2.75, 3.05) is 13.2 Å². The van der Waals surface area contributed by atoms with E-state index in [1.54, 1.807) is 12.1 Å². The van der Waals surface area contributed by atoms with E-state index < -0.39 is 13.1 Å². The van der Waals surface area contributed by atoms with Crippen molar-refractivity contribution in [3.63, 3.8) is 0 Å². The maximum Gasteiger partial charge on any atom is 0.401 e. The molecule has 3 rings (SSSR count). The van der Waals surface area contributed by atoms with Crippen LogP contribution in [0.15, 0.2) is 24.3 Å². The molecule has 0 N–H and O–H groups in total. The van der Waals surface area contributed by atoms with Crippen LogP contribution in [0.25, 0.3) is 0 Å². The first-order valence-corrected chi connectivity index (χ1v) is 12.1.